The lowest BCUT2D eigenvalue weighted by Crippen LogP contribution is -2.27. The molecule has 0 spiro atoms. The van der Waals surface area contributed by atoms with E-state index >= 15 is 0 Å². The van der Waals surface area contributed by atoms with Gasteiger partial charge in [0.2, 0.25) is 5.91 Å². The zero-order valence-corrected chi connectivity index (χ0v) is 15.3. The average molecular weight is 396 g/mol. The van der Waals surface area contributed by atoms with Crippen molar-refractivity contribution in [2.24, 2.45) is 5.11 Å². The van der Waals surface area contributed by atoms with E-state index in [1.54, 1.807) is 21.9 Å². The molecule has 0 bridgehead atoms. The maximum absolute atomic E-state index is 14.8. The SMILES string of the molecule is [N-]=[N+]=NC[C@@H]1CN(c2ccc(N3CC(=O)N(c4ccccc4)C3)c(F)c2)C(=O)O1. The molecule has 29 heavy (non-hydrogen) atoms. The third-order valence-electron chi connectivity index (χ3n) is 4.81. The van der Waals surface area contributed by atoms with Gasteiger partial charge in [0.15, 0.2) is 0 Å². The molecule has 2 aromatic rings. The van der Waals surface area contributed by atoms with Crippen LogP contribution >= 0.6 is 0 Å². The minimum absolute atomic E-state index is 0.0184. The van der Waals surface area contributed by atoms with Crippen molar-refractivity contribution in [3.05, 3.63) is 64.8 Å². The monoisotopic (exact) mass is 396 g/mol. The van der Waals surface area contributed by atoms with E-state index in [9.17, 15) is 14.0 Å². The largest absolute Gasteiger partial charge is 0.444 e. The lowest BCUT2D eigenvalue weighted by molar-refractivity contribution is -0.115. The maximum atomic E-state index is 14.8. The predicted molar refractivity (Wildman–Crippen MR) is 104 cm³/mol. The number of ether oxygens (including phenoxy) is 1. The van der Waals surface area contributed by atoms with Crippen LogP contribution in [0.2, 0.25) is 0 Å². The molecule has 2 saturated heterocycles. The first-order chi connectivity index (χ1) is 14.1. The van der Waals surface area contributed by atoms with Gasteiger partial charge in [-0.3, -0.25) is 14.6 Å². The summed E-state index contributed by atoms with van der Waals surface area (Å²) in [7, 11) is 0. The van der Waals surface area contributed by atoms with Gasteiger partial charge < -0.3 is 9.64 Å². The van der Waals surface area contributed by atoms with Crippen molar-refractivity contribution in [1.82, 2.24) is 0 Å². The highest BCUT2D eigenvalue weighted by atomic mass is 19.1. The second kappa shape index (κ2) is 7.69. The van der Waals surface area contributed by atoms with Crippen molar-refractivity contribution in [3.63, 3.8) is 0 Å². The summed E-state index contributed by atoms with van der Waals surface area (Å²) < 4.78 is 19.9. The molecule has 0 N–H and O–H groups in total. The fourth-order valence-corrected chi connectivity index (χ4v) is 3.42. The molecule has 2 fully saturated rings. The molecule has 2 heterocycles. The van der Waals surface area contributed by atoms with Gasteiger partial charge in [-0.25, -0.2) is 9.18 Å². The van der Waals surface area contributed by atoms with Crippen molar-refractivity contribution in [3.8, 4) is 0 Å². The molecule has 4 rings (SSSR count). The van der Waals surface area contributed by atoms with E-state index in [0.717, 1.165) is 5.69 Å². The van der Waals surface area contributed by atoms with E-state index in [4.69, 9.17) is 10.3 Å². The van der Waals surface area contributed by atoms with Crippen LogP contribution < -0.4 is 14.7 Å². The summed E-state index contributed by atoms with van der Waals surface area (Å²) >= 11 is 0. The van der Waals surface area contributed by atoms with Crippen molar-refractivity contribution in [1.29, 1.82) is 0 Å². The summed E-state index contributed by atoms with van der Waals surface area (Å²) in [4.78, 5) is 31.6. The van der Waals surface area contributed by atoms with Gasteiger partial charge in [-0.1, -0.05) is 23.3 Å². The molecule has 0 aliphatic carbocycles. The number of hydrogen-bond acceptors (Lipinski definition) is 5. The fraction of sp³-hybridized carbons (Fsp3) is 0.263. The van der Waals surface area contributed by atoms with Gasteiger partial charge in [0.25, 0.3) is 0 Å². The number of halogens is 1. The van der Waals surface area contributed by atoms with Crippen LogP contribution in [0.5, 0.6) is 0 Å². The molecular formula is C19H17FN6O3. The van der Waals surface area contributed by atoms with Crippen LogP contribution in [-0.4, -0.2) is 44.4 Å². The highest BCUT2D eigenvalue weighted by Gasteiger charge is 2.34. The number of azide groups is 1. The van der Waals surface area contributed by atoms with Gasteiger partial charge in [0.1, 0.15) is 11.9 Å². The van der Waals surface area contributed by atoms with Crippen molar-refractivity contribution in [2.75, 3.05) is 41.0 Å². The van der Waals surface area contributed by atoms with Crippen molar-refractivity contribution < 1.29 is 18.7 Å². The Bertz CT molecular complexity index is 995. The number of amides is 2. The minimum Gasteiger partial charge on any atom is -0.444 e. The Morgan fingerprint density at radius 1 is 1.14 bits per heavy atom. The third kappa shape index (κ3) is 3.65. The Labute approximate surface area is 165 Å². The summed E-state index contributed by atoms with van der Waals surface area (Å²) in [5.41, 5.74) is 9.75. The summed E-state index contributed by atoms with van der Waals surface area (Å²) in [5.74, 6) is -0.666. The normalized spacial score (nSPS) is 18.8. The zero-order chi connectivity index (χ0) is 20.4. The van der Waals surface area contributed by atoms with E-state index in [-0.39, 0.29) is 37.9 Å². The lowest BCUT2D eigenvalue weighted by Gasteiger charge is -2.21. The number of benzene rings is 2. The summed E-state index contributed by atoms with van der Waals surface area (Å²) in [5, 5.41) is 3.40. The van der Waals surface area contributed by atoms with Gasteiger partial charge in [0, 0.05) is 10.6 Å². The van der Waals surface area contributed by atoms with E-state index in [2.05, 4.69) is 10.0 Å². The Morgan fingerprint density at radius 3 is 2.66 bits per heavy atom. The Morgan fingerprint density at radius 2 is 1.93 bits per heavy atom. The molecule has 2 amide bonds. The molecule has 0 radical (unpaired) electrons. The number of cyclic esters (lactones) is 1. The number of nitrogens with zero attached hydrogens (tertiary/aromatic N) is 6. The number of hydrogen-bond donors (Lipinski definition) is 0. The molecule has 9 nitrogen and oxygen atoms in total. The van der Waals surface area contributed by atoms with Gasteiger partial charge in [0.05, 0.1) is 37.7 Å². The minimum atomic E-state index is -0.623. The Balaban J connectivity index is 1.50. The zero-order valence-electron chi connectivity index (χ0n) is 15.3. The average Bonchev–Trinajstić information content (AvgIpc) is 3.29. The van der Waals surface area contributed by atoms with Crippen LogP contribution in [0.3, 0.4) is 0 Å². The Kier molecular flexibility index (Phi) is 4.92. The van der Waals surface area contributed by atoms with Gasteiger partial charge >= 0.3 is 6.09 Å². The summed E-state index contributed by atoms with van der Waals surface area (Å²) in [6, 6.07) is 13.6. The molecule has 0 saturated carbocycles. The van der Waals surface area contributed by atoms with E-state index in [1.807, 2.05) is 30.3 Å². The molecule has 0 unspecified atom stereocenters. The number of para-hydroxylation sites is 1. The van der Waals surface area contributed by atoms with Crippen LogP contribution in [-0.2, 0) is 9.53 Å². The van der Waals surface area contributed by atoms with Crippen LogP contribution in [0.4, 0.5) is 26.2 Å². The highest BCUT2D eigenvalue weighted by molar-refractivity contribution is 6.00. The maximum Gasteiger partial charge on any atom is 0.414 e. The summed E-state index contributed by atoms with van der Waals surface area (Å²) in [6.45, 7) is 0.482. The summed E-state index contributed by atoms with van der Waals surface area (Å²) in [6.07, 6.45) is -1.20. The number of carbonyl (C=O) groups is 2. The first-order valence-corrected chi connectivity index (χ1v) is 8.95. The smallest absolute Gasteiger partial charge is 0.414 e. The van der Waals surface area contributed by atoms with Crippen LogP contribution in [0.15, 0.2) is 53.6 Å². The first-order valence-electron chi connectivity index (χ1n) is 8.95. The second-order valence-corrected chi connectivity index (χ2v) is 6.66. The molecule has 2 aliphatic rings. The fourth-order valence-electron chi connectivity index (χ4n) is 3.42. The van der Waals surface area contributed by atoms with Crippen LogP contribution in [0, 0.1) is 5.82 Å². The molecule has 2 aromatic carbocycles. The molecule has 0 aromatic heterocycles. The van der Waals surface area contributed by atoms with E-state index in [1.165, 1.54) is 11.0 Å². The third-order valence-corrected chi connectivity index (χ3v) is 4.81. The molecule has 2 aliphatic heterocycles. The molecule has 148 valence electrons. The van der Waals surface area contributed by atoms with E-state index in [0.29, 0.717) is 5.69 Å². The number of carbonyl (C=O) groups excluding carboxylic acids is 2. The molecule has 10 heteroatoms. The van der Waals surface area contributed by atoms with Crippen molar-refractivity contribution >= 4 is 29.1 Å². The molecule has 1 atom stereocenters. The van der Waals surface area contributed by atoms with Crippen LogP contribution in [0.25, 0.3) is 10.4 Å². The van der Waals surface area contributed by atoms with Gasteiger partial charge in [-0.2, -0.15) is 0 Å². The second-order valence-electron chi connectivity index (χ2n) is 6.66. The quantitative estimate of drug-likeness (QED) is 0.440. The predicted octanol–water partition coefficient (Wildman–Crippen LogP) is 3.27. The molecular weight excluding hydrogens is 379 g/mol. The lowest BCUT2D eigenvalue weighted by atomic mass is 10.2. The van der Waals surface area contributed by atoms with Gasteiger partial charge in [-0.05, 0) is 35.9 Å². The van der Waals surface area contributed by atoms with Crippen molar-refractivity contribution in [2.45, 2.75) is 6.10 Å². The Hall–Kier alpha value is -3.78. The standard InChI is InChI=1S/C19H17FN6O3/c20-16-8-14(25-10-15(9-22-23-21)29-19(25)28)6-7-17(16)24-11-18(27)26(12-24)13-4-2-1-3-5-13/h1-8,15H,9-12H2/t15-/m1/s1. The topological polar surface area (TPSA) is 102 Å². The number of rotatable bonds is 5. The van der Waals surface area contributed by atoms with Gasteiger partial charge in [-0.15, -0.1) is 0 Å². The first kappa shape index (κ1) is 18.6. The van der Waals surface area contributed by atoms with Crippen LogP contribution in [0.1, 0.15) is 0 Å². The highest BCUT2D eigenvalue weighted by Crippen LogP contribution is 2.30. The van der Waals surface area contributed by atoms with E-state index < -0.39 is 18.0 Å². The number of anilines is 3.